The molecule has 2 aliphatic heterocycles. The number of nitrogens with zero attached hydrogens (tertiary/aromatic N) is 2. The first-order chi connectivity index (χ1) is 14.0. The Kier molecular flexibility index (Phi) is 5.70. The molecule has 2 saturated heterocycles. The smallest absolute Gasteiger partial charge is 0.414 e. The molecule has 2 aliphatic rings. The van der Waals surface area contributed by atoms with Gasteiger partial charge in [-0.05, 0) is 30.3 Å². The number of hydrogen-bond acceptors (Lipinski definition) is 6. The molecule has 0 saturated carbocycles. The maximum Gasteiger partial charge on any atom is 0.414 e. The Morgan fingerprint density at radius 1 is 1.21 bits per heavy atom. The van der Waals surface area contributed by atoms with E-state index in [1.165, 1.54) is 16.2 Å². The van der Waals surface area contributed by atoms with Gasteiger partial charge in [0.05, 0.1) is 29.6 Å². The first-order valence-corrected chi connectivity index (χ1v) is 10.3. The Balaban J connectivity index is 1.35. The van der Waals surface area contributed by atoms with Crippen molar-refractivity contribution in [2.24, 2.45) is 0 Å². The van der Waals surface area contributed by atoms with Gasteiger partial charge in [-0.2, -0.15) is 0 Å². The summed E-state index contributed by atoms with van der Waals surface area (Å²) in [6, 6.07) is 8.72. The molecule has 8 nitrogen and oxygen atoms in total. The van der Waals surface area contributed by atoms with Gasteiger partial charge in [0.1, 0.15) is 12.7 Å². The topological polar surface area (TPSA) is 88.2 Å². The number of morpholine rings is 1. The molecule has 3 heterocycles. The largest absolute Gasteiger partial charge is 0.442 e. The molecular formula is C19H18ClN3O5S. The van der Waals surface area contributed by atoms with Gasteiger partial charge >= 0.3 is 6.09 Å². The lowest BCUT2D eigenvalue weighted by atomic mass is 10.2. The van der Waals surface area contributed by atoms with Gasteiger partial charge in [0.2, 0.25) is 0 Å². The molecule has 1 aromatic heterocycles. The number of cyclic esters (lactones) is 1. The highest BCUT2D eigenvalue weighted by Gasteiger charge is 2.33. The van der Waals surface area contributed by atoms with Crippen LogP contribution in [0.2, 0.25) is 5.02 Å². The van der Waals surface area contributed by atoms with Gasteiger partial charge < -0.3 is 19.7 Å². The second kappa shape index (κ2) is 8.40. The molecule has 1 aromatic carbocycles. The third-order valence-electron chi connectivity index (χ3n) is 4.61. The lowest BCUT2D eigenvalue weighted by molar-refractivity contribution is -0.125. The van der Waals surface area contributed by atoms with Crippen LogP contribution in [0.25, 0.3) is 0 Å². The van der Waals surface area contributed by atoms with E-state index >= 15 is 0 Å². The fourth-order valence-electron chi connectivity index (χ4n) is 3.17. The average Bonchev–Trinajstić information content (AvgIpc) is 3.32. The maximum absolute atomic E-state index is 12.2. The van der Waals surface area contributed by atoms with Crippen molar-refractivity contribution in [1.82, 2.24) is 5.32 Å². The minimum absolute atomic E-state index is 0.0747. The number of carbonyl (C=O) groups is 3. The van der Waals surface area contributed by atoms with Crippen LogP contribution in [0.3, 0.4) is 0 Å². The third kappa shape index (κ3) is 4.36. The van der Waals surface area contributed by atoms with Crippen molar-refractivity contribution >= 4 is 52.2 Å². The van der Waals surface area contributed by atoms with E-state index in [1.807, 2.05) is 0 Å². The first-order valence-electron chi connectivity index (χ1n) is 9.00. The summed E-state index contributed by atoms with van der Waals surface area (Å²) in [6.45, 7) is 1.60. The number of carbonyl (C=O) groups excluding carboxylic acids is 3. The third-order valence-corrected chi connectivity index (χ3v) is 5.89. The summed E-state index contributed by atoms with van der Waals surface area (Å²) in [5.41, 5.74) is 1.42. The highest BCUT2D eigenvalue weighted by molar-refractivity contribution is 7.12. The molecule has 0 radical (unpaired) electrons. The van der Waals surface area contributed by atoms with Gasteiger partial charge in [0.15, 0.2) is 0 Å². The summed E-state index contributed by atoms with van der Waals surface area (Å²) in [5, 5.41) is 4.95. The minimum atomic E-state index is -0.474. The number of rotatable bonds is 5. The van der Waals surface area contributed by atoms with Crippen LogP contribution in [0, 0.1) is 0 Å². The minimum Gasteiger partial charge on any atom is -0.442 e. The van der Waals surface area contributed by atoms with Gasteiger partial charge in [0, 0.05) is 23.3 Å². The molecule has 29 heavy (non-hydrogen) atoms. The first kappa shape index (κ1) is 19.7. The van der Waals surface area contributed by atoms with Crippen molar-refractivity contribution in [3.8, 4) is 0 Å². The molecule has 152 valence electrons. The Hall–Kier alpha value is -2.62. The van der Waals surface area contributed by atoms with Gasteiger partial charge in [-0.3, -0.25) is 14.5 Å². The van der Waals surface area contributed by atoms with E-state index in [0.29, 0.717) is 35.3 Å². The lowest BCUT2D eigenvalue weighted by Gasteiger charge is -2.27. The normalized spacial score (nSPS) is 19.4. The summed E-state index contributed by atoms with van der Waals surface area (Å²) in [4.78, 5) is 39.9. The fourth-order valence-corrected chi connectivity index (χ4v) is 4.16. The zero-order valence-corrected chi connectivity index (χ0v) is 16.9. The van der Waals surface area contributed by atoms with E-state index in [2.05, 4.69) is 5.32 Å². The zero-order chi connectivity index (χ0) is 20.4. The van der Waals surface area contributed by atoms with Crippen LogP contribution in [-0.2, 0) is 14.3 Å². The number of benzene rings is 1. The van der Waals surface area contributed by atoms with E-state index < -0.39 is 12.2 Å². The number of hydrogen-bond donors (Lipinski definition) is 1. The molecule has 0 bridgehead atoms. The summed E-state index contributed by atoms with van der Waals surface area (Å²) < 4.78 is 10.5. The molecule has 0 spiro atoms. The Morgan fingerprint density at radius 2 is 1.93 bits per heavy atom. The molecule has 0 aliphatic carbocycles. The summed E-state index contributed by atoms with van der Waals surface area (Å²) in [5.74, 6) is -0.344. The second-order valence-electron chi connectivity index (χ2n) is 6.57. The van der Waals surface area contributed by atoms with Crippen LogP contribution in [0.1, 0.15) is 9.67 Å². The Morgan fingerprint density at radius 3 is 2.59 bits per heavy atom. The van der Waals surface area contributed by atoms with Crippen LogP contribution in [0.15, 0.2) is 35.7 Å². The summed E-state index contributed by atoms with van der Waals surface area (Å²) in [6.07, 6.45) is -0.930. The van der Waals surface area contributed by atoms with E-state index in [-0.39, 0.29) is 25.0 Å². The van der Waals surface area contributed by atoms with Gasteiger partial charge in [-0.25, -0.2) is 4.79 Å². The van der Waals surface area contributed by atoms with E-state index in [9.17, 15) is 14.4 Å². The van der Waals surface area contributed by atoms with Gasteiger partial charge in [-0.15, -0.1) is 11.3 Å². The predicted molar refractivity (Wildman–Crippen MR) is 109 cm³/mol. The van der Waals surface area contributed by atoms with E-state index in [4.69, 9.17) is 21.1 Å². The van der Waals surface area contributed by atoms with Gasteiger partial charge in [-0.1, -0.05) is 11.6 Å². The summed E-state index contributed by atoms with van der Waals surface area (Å²) in [7, 11) is 0. The van der Waals surface area contributed by atoms with Crippen LogP contribution in [0.5, 0.6) is 0 Å². The van der Waals surface area contributed by atoms with Crippen molar-refractivity contribution in [3.05, 3.63) is 45.6 Å². The number of halogens is 1. The number of anilines is 2. The molecule has 10 heteroatoms. The molecule has 3 amide bonds. The van der Waals surface area contributed by atoms with Crippen molar-refractivity contribution < 1.29 is 23.9 Å². The standard InChI is InChI=1S/C19H18ClN3O5S/c20-12-7-16(29-11-12)18(25)21-8-15-9-23(19(26)28-15)14-3-1-13(2-4-14)22-5-6-27-10-17(22)24/h1-4,7,11,15H,5-6,8-10H2,(H,21,25)/t15-/m0/s1. The van der Waals surface area contributed by atoms with Crippen molar-refractivity contribution in [1.29, 1.82) is 0 Å². The number of ether oxygens (including phenoxy) is 2. The second-order valence-corrected chi connectivity index (χ2v) is 7.92. The molecule has 1 atom stereocenters. The number of nitrogens with one attached hydrogen (secondary N) is 1. The van der Waals surface area contributed by atoms with Crippen LogP contribution in [-0.4, -0.2) is 56.9 Å². The Labute approximate surface area is 175 Å². The molecule has 1 N–H and O–H groups in total. The van der Waals surface area contributed by atoms with Crippen LogP contribution in [0.4, 0.5) is 16.2 Å². The number of amides is 3. The highest BCUT2D eigenvalue weighted by atomic mass is 35.5. The number of thiophene rings is 1. The van der Waals surface area contributed by atoms with E-state index in [0.717, 1.165) is 5.69 Å². The molecule has 4 rings (SSSR count). The molecule has 2 fully saturated rings. The highest BCUT2D eigenvalue weighted by Crippen LogP contribution is 2.26. The van der Waals surface area contributed by atoms with Crippen LogP contribution < -0.4 is 15.1 Å². The molecule has 0 unspecified atom stereocenters. The quantitative estimate of drug-likeness (QED) is 0.779. The van der Waals surface area contributed by atoms with E-state index in [1.54, 1.807) is 40.6 Å². The Bertz CT molecular complexity index is 932. The predicted octanol–water partition coefficient (Wildman–Crippen LogP) is 2.52. The van der Waals surface area contributed by atoms with Gasteiger partial charge in [0.25, 0.3) is 11.8 Å². The fraction of sp³-hybridized carbons (Fsp3) is 0.316. The van der Waals surface area contributed by atoms with Crippen molar-refractivity contribution in [2.45, 2.75) is 6.10 Å². The average molecular weight is 436 g/mol. The monoisotopic (exact) mass is 435 g/mol. The lowest BCUT2D eigenvalue weighted by Crippen LogP contribution is -2.41. The van der Waals surface area contributed by atoms with Crippen molar-refractivity contribution in [3.63, 3.8) is 0 Å². The van der Waals surface area contributed by atoms with Crippen LogP contribution >= 0.6 is 22.9 Å². The SMILES string of the molecule is O=C(NC[C@H]1CN(c2ccc(N3CCOCC3=O)cc2)C(=O)O1)c1cc(Cl)cs1. The zero-order valence-electron chi connectivity index (χ0n) is 15.3. The van der Waals surface area contributed by atoms with Crippen molar-refractivity contribution in [2.75, 3.05) is 42.6 Å². The molecule has 2 aromatic rings. The maximum atomic E-state index is 12.2. The molecular weight excluding hydrogens is 418 g/mol. The summed E-state index contributed by atoms with van der Waals surface area (Å²) >= 11 is 7.09.